The van der Waals surface area contributed by atoms with Crippen LogP contribution in [0.2, 0.25) is 0 Å². The molecular formula is C15H18O2. The van der Waals surface area contributed by atoms with Gasteiger partial charge in [-0.25, -0.2) is 0 Å². The van der Waals surface area contributed by atoms with Gasteiger partial charge in [-0.05, 0) is 36.2 Å². The molecule has 90 valence electrons. The Morgan fingerprint density at radius 3 is 2.47 bits per heavy atom. The van der Waals surface area contributed by atoms with E-state index in [2.05, 4.69) is 20.4 Å². The summed E-state index contributed by atoms with van der Waals surface area (Å²) in [7, 11) is 0. The molecule has 2 heteroatoms. The number of fused-ring (bicyclic) bond motifs is 1. The lowest BCUT2D eigenvalue weighted by atomic mass is 9.88. The van der Waals surface area contributed by atoms with Crippen LogP contribution in [0.1, 0.15) is 26.7 Å². The first-order valence-corrected chi connectivity index (χ1v) is 6.00. The van der Waals surface area contributed by atoms with E-state index in [4.69, 9.17) is 0 Å². The average Bonchev–Trinajstić information content (AvgIpc) is 2.52. The fourth-order valence-corrected chi connectivity index (χ4v) is 3.12. The van der Waals surface area contributed by atoms with Gasteiger partial charge in [0.05, 0.1) is 0 Å². The van der Waals surface area contributed by atoms with Gasteiger partial charge in [-0.1, -0.05) is 32.1 Å². The topological polar surface area (TPSA) is 34.1 Å². The highest BCUT2D eigenvalue weighted by atomic mass is 16.1. The Labute approximate surface area is 102 Å². The molecule has 0 unspecified atom stereocenters. The van der Waals surface area contributed by atoms with Crippen LogP contribution in [0.25, 0.3) is 0 Å². The highest BCUT2D eigenvalue weighted by Gasteiger charge is 2.40. The number of hydrogen-bond acceptors (Lipinski definition) is 2. The van der Waals surface area contributed by atoms with E-state index < -0.39 is 0 Å². The van der Waals surface area contributed by atoms with Gasteiger partial charge in [-0.2, -0.15) is 0 Å². The number of allylic oxidation sites excluding steroid dienone is 5. The number of carbonyl (C=O) groups is 2. The quantitative estimate of drug-likeness (QED) is 0.683. The SMILES string of the molecule is C=C1C=C(C=O)C(C=O)=C[C@@H]2CC(C)(C)C[C@@H]12. The van der Waals surface area contributed by atoms with Gasteiger partial charge < -0.3 is 0 Å². The van der Waals surface area contributed by atoms with Crippen molar-refractivity contribution in [1.82, 2.24) is 0 Å². The van der Waals surface area contributed by atoms with Crippen LogP contribution in [0.3, 0.4) is 0 Å². The van der Waals surface area contributed by atoms with Crippen LogP contribution in [0.4, 0.5) is 0 Å². The molecule has 0 bridgehead atoms. The number of rotatable bonds is 2. The number of hydrogen-bond donors (Lipinski definition) is 0. The summed E-state index contributed by atoms with van der Waals surface area (Å²) in [5.74, 6) is 0.712. The van der Waals surface area contributed by atoms with Gasteiger partial charge in [-0.15, -0.1) is 0 Å². The van der Waals surface area contributed by atoms with E-state index in [-0.39, 0.29) is 5.41 Å². The van der Waals surface area contributed by atoms with Crippen LogP contribution >= 0.6 is 0 Å². The van der Waals surface area contributed by atoms with Crippen LogP contribution < -0.4 is 0 Å². The first-order chi connectivity index (χ1) is 7.96. The monoisotopic (exact) mass is 230 g/mol. The van der Waals surface area contributed by atoms with Crippen molar-refractivity contribution in [2.45, 2.75) is 26.7 Å². The van der Waals surface area contributed by atoms with Gasteiger partial charge in [0.2, 0.25) is 0 Å². The molecule has 0 aromatic heterocycles. The first-order valence-electron chi connectivity index (χ1n) is 6.00. The third kappa shape index (κ3) is 2.17. The molecule has 0 aromatic carbocycles. The zero-order chi connectivity index (χ0) is 12.6. The van der Waals surface area contributed by atoms with E-state index in [0.29, 0.717) is 23.0 Å². The van der Waals surface area contributed by atoms with Crippen molar-refractivity contribution in [3.63, 3.8) is 0 Å². The van der Waals surface area contributed by atoms with E-state index in [1.807, 2.05) is 6.08 Å². The van der Waals surface area contributed by atoms with Gasteiger partial charge in [0.15, 0.2) is 6.29 Å². The largest absolute Gasteiger partial charge is 0.298 e. The lowest BCUT2D eigenvalue weighted by molar-refractivity contribution is -0.107. The summed E-state index contributed by atoms with van der Waals surface area (Å²) in [6, 6.07) is 0. The smallest absolute Gasteiger partial charge is 0.150 e. The van der Waals surface area contributed by atoms with Crippen LogP contribution in [0.15, 0.2) is 35.5 Å². The Morgan fingerprint density at radius 1 is 1.24 bits per heavy atom. The third-order valence-electron chi connectivity index (χ3n) is 3.88. The summed E-state index contributed by atoms with van der Waals surface area (Å²) in [4.78, 5) is 22.0. The van der Waals surface area contributed by atoms with Crippen molar-refractivity contribution in [3.8, 4) is 0 Å². The zero-order valence-electron chi connectivity index (χ0n) is 10.4. The second-order valence-corrected chi connectivity index (χ2v) is 5.88. The second-order valence-electron chi connectivity index (χ2n) is 5.88. The number of aldehydes is 2. The Bertz CT molecular complexity index is 438. The van der Waals surface area contributed by atoms with Crippen LogP contribution in [0, 0.1) is 17.3 Å². The fourth-order valence-electron chi connectivity index (χ4n) is 3.12. The molecule has 0 N–H and O–H groups in total. The fraction of sp³-hybridized carbons (Fsp3) is 0.467. The molecule has 0 aromatic rings. The number of carbonyl (C=O) groups excluding carboxylic acids is 2. The minimum atomic E-state index is 0.287. The molecule has 0 amide bonds. The Balaban J connectivity index is 2.43. The Hall–Kier alpha value is -1.44. The molecule has 2 nitrogen and oxygen atoms in total. The highest BCUT2D eigenvalue weighted by Crippen LogP contribution is 2.50. The normalized spacial score (nSPS) is 31.1. The molecule has 2 atom stereocenters. The molecule has 1 saturated carbocycles. The summed E-state index contributed by atoms with van der Waals surface area (Å²) < 4.78 is 0. The maximum atomic E-state index is 11.0. The van der Waals surface area contributed by atoms with Gasteiger partial charge >= 0.3 is 0 Å². The van der Waals surface area contributed by atoms with Crippen LogP contribution in [-0.2, 0) is 9.59 Å². The Kier molecular flexibility index (Phi) is 2.90. The second kappa shape index (κ2) is 4.10. The first kappa shape index (κ1) is 12.0. The van der Waals surface area contributed by atoms with Gasteiger partial charge in [0, 0.05) is 11.1 Å². The summed E-state index contributed by atoms with van der Waals surface area (Å²) >= 11 is 0. The molecular weight excluding hydrogens is 212 g/mol. The molecule has 0 spiro atoms. The predicted molar refractivity (Wildman–Crippen MR) is 67.4 cm³/mol. The Morgan fingerprint density at radius 2 is 1.88 bits per heavy atom. The predicted octanol–water partition coefficient (Wildman–Crippen LogP) is 2.86. The lowest BCUT2D eigenvalue weighted by Gasteiger charge is -2.17. The summed E-state index contributed by atoms with van der Waals surface area (Å²) in [6.07, 6.45) is 7.39. The molecule has 2 aliphatic rings. The maximum absolute atomic E-state index is 11.0. The van der Waals surface area contributed by atoms with Gasteiger partial charge in [0.1, 0.15) is 6.29 Å². The molecule has 0 heterocycles. The van der Waals surface area contributed by atoms with E-state index in [9.17, 15) is 9.59 Å². The maximum Gasteiger partial charge on any atom is 0.150 e. The highest BCUT2D eigenvalue weighted by molar-refractivity contribution is 5.95. The van der Waals surface area contributed by atoms with Crippen molar-refractivity contribution < 1.29 is 9.59 Å². The molecule has 2 rings (SSSR count). The van der Waals surface area contributed by atoms with Gasteiger partial charge in [0.25, 0.3) is 0 Å². The van der Waals surface area contributed by atoms with Crippen molar-refractivity contribution in [2.24, 2.45) is 17.3 Å². The van der Waals surface area contributed by atoms with Crippen molar-refractivity contribution >= 4 is 12.6 Å². The zero-order valence-corrected chi connectivity index (χ0v) is 10.4. The van der Waals surface area contributed by atoms with E-state index >= 15 is 0 Å². The van der Waals surface area contributed by atoms with Crippen molar-refractivity contribution in [2.75, 3.05) is 0 Å². The lowest BCUT2D eigenvalue weighted by Crippen LogP contribution is -2.06. The molecule has 2 aliphatic carbocycles. The van der Waals surface area contributed by atoms with E-state index in [1.54, 1.807) is 6.08 Å². The van der Waals surface area contributed by atoms with Crippen LogP contribution in [-0.4, -0.2) is 12.6 Å². The van der Waals surface area contributed by atoms with Crippen molar-refractivity contribution in [1.29, 1.82) is 0 Å². The average molecular weight is 230 g/mol. The standard InChI is InChI=1S/C15H18O2/c1-10-4-12(8-16)13(9-17)5-11-6-15(2,3)7-14(10)11/h4-5,8-9,11,14H,1,6-7H2,2-3H3/t11-,14+/m1/s1. The van der Waals surface area contributed by atoms with Crippen LogP contribution in [0.5, 0.6) is 0 Å². The van der Waals surface area contributed by atoms with E-state index in [1.165, 1.54) is 0 Å². The van der Waals surface area contributed by atoms with E-state index in [0.717, 1.165) is 31.0 Å². The molecule has 0 aliphatic heterocycles. The third-order valence-corrected chi connectivity index (χ3v) is 3.88. The van der Waals surface area contributed by atoms with Crippen molar-refractivity contribution in [3.05, 3.63) is 35.5 Å². The summed E-state index contributed by atoms with van der Waals surface area (Å²) in [5, 5.41) is 0. The molecule has 17 heavy (non-hydrogen) atoms. The van der Waals surface area contributed by atoms with Gasteiger partial charge in [-0.3, -0.25) is 9.59 Å². The molecule has 1 fully saturated rings. The molecule has 0 saturated heterocycles. The summed E-state index contributed by atoms with van der Waals surface area (Å²) in [6.45, 7) is 8.55. The minimum Gasteiger partial charge on any atom is -0.298 e. The minimum absolute atomic E-state index is 0.287. The summed E-state index contributed by atoms with van der Waals surface area (Å²) in [5.41, 5.74) is 2.26. The molecule has 0 radical (unpaired) electrons.